The summed E-state index contributed by atoms with van der Waals surface area (Å²) in [6.07, 6.45) is 2.78. The average Bonchev–Trinajstić information content (AvgIpc) is 3.28. The zero-order valence-corrected chi connectivity index (χ0v) is 13.8. The smallest absolute Gasteiger partial charge is 0.222 e. The predicted molar refractivity (Wildman–Crippen MR) is 90.6 cm³/mol. The van der Waals surface area contributed by atoms with Crippen LogP contribution in [0, 0.1) is 0 Å². The molecular formula is C17H20N4OS. The van der Waals surface area contributed by atoms with Crippen LogP contribution in [-0.2, 0) is 11.3 Å². The Balaban J connectivity index is 1.47. The van der Waals surface area contributed by atoms with Crippen LogP contribution in [0.4, 0.5) is 5.69 Å². The first kappa shape index (κ1) is 14.6. The fraction of sp³-hybridized carbons (Fsp3) is 0.471. The largest absolute Gasteiger partial charge is 0.365 e. The van der Waals surface area contributed by atoms with E-state index in [1.807, 2.05) is 10.3 Å². The minimum absolute atomic E-state index is 0.321. The second-order valence-corrected chi connectivity index (χ2v) is 6.92. The monoisotopic (exact) mass is 328 g/mol. The first-order valence-corrected chi connectivity index (χ1v) is 9.02. The van der Waals surface area contributed by atoms with Crippen LogP contribution in [0.2, 0.25) is 0 Å². The molecule has 0 aliphatic carbocycles. The molecule has 0 unspecified atom stereocenters. The quantitative estimate of drug-likeness (QED) is 0.847. The molecule has 0 spiro atoms. The molecule has 1 atom stereocenters. The van der Waals surface area contributed by atoms with Crippen molar-refractivity contribution in [1.29, 1.82) is 0 Å². The fourth-order valence-corrected chi connectivity index (χ4v) is 4.12. The molecule has 1 saturated heterocycles. The Bertz CT molecular complexity index is 688. The lowest BCUT2D eigenvalue weighted by atomic mass is 9.98. The molecule has 23 heavy (non-hydrogen) atoms. The SMILES string of the molecule is O=C1CCCN1CC[C@H]1CN(Cc2csnn2)c2ccccc21. The lowest BCUT2D eigenvalue weighted by Crippen LogP contribution is -2.28. The van der Waals surface area contributed by atoms with Gasteiger partial charge in [-0.15, -0.1) is 5.10 Å². The summed E-state index contributed by atoms with van der Waals surface area (Å²) >= 11 is 1.40. The van der Waals surface area contributed by atoms with E-state index in [-0.39, 0.29) is 0 Å². The highest BCUT2D eigenvalue weighted by Gasteiger charge is 2.30. The lowest BCUT2D eigenvalue weighted by Gasteiger charge is -2.20. The number of amides is 1. The molecule has 0 radical (unpaired) electrons. The van der Waals surface area contributed by atoms with E-state index in [0.29, 0.717) is 11.8 Å². The summed E-state index contributed by atoms with van der Waals surface area (Å²) in [7, 11) is 0. The van der Waals surface area contributed by atoms with E-state index in [1.165, 1.54) is 22.8 Å². The number of carbonyl (C=O) groups is 1. The zero-order chi connectivity index (χ0) is 15.6. The van der Waals surface area contributed by atoms with Gasteiger partial charge in [0.2, 0.25) is 5.91 Å². The fourth-order valence-electron chi connectivity index (χ4n) is 3.68. The van der Waals surface area contributed by atoms with Crippen molar-refractivity contribution in [3.05, 3.63) is 40.9 Å². The van der Waals surface area contributed by atoms with Crippen LogP contribution in [-0.4, -0.2) is 40.0 Å². The number of benzene rings is 1. The summed E-state index contributed by atoms with van der Waals surface area (Å²) in [5.74, 6) is 0.813. The summed E-state index contributed by atoms with van der Waals surface area (Å²) in [5, 5.41) is 6.18. The number of anilines is 1. The molecule has 5 nitrogen and oxygen atoms in total. The Morgan fingerprint density at radius 1 is 1.26 bits per heavy atom. The molecule has 6 heteroatoms. The van der Waals surface area contributed by atoms with Crippen molar-refractivity contribution in [2.24, 2.45) is 0 Å². The van der Waals surface area contributed by atoms with Gasteiger partial charge < -0.3 is 9.80 Å². The van der Waals surface area contributed by atoms with Gasteiger partial charge in [0.1, 0.15) is 0 Å². The van der Waals surface area contributed by atoms with Crippen molar-refractivity contribution in [2.75, 3.05) is 24.5 Å². The van der Waals surface area contributed by atoms with Gasteiger partial charge in [0.15, 0.2) is 0 Å². The van der Waals surface area contributed by atoms with Gasteiger partial charge in [-0.1, -0.05) is 22.7 Å². The van der Waals surface area contributed by atoms with Gasteiger partial charge in [-0.25, -0.2) is 0 Å². The van der Waals surface area contributed by atoms with Crippen LogP contribution < -0.4 is 4.90 Å². The Morgan fingerprint density at radius 3 is 2.96 bits per heavy atom. The zero-order valence-electron chi connectivity index (χ0n) is 13.0. The summed E-state index contributed by atoms with van der Waals surface area (Å²) in [5.41, 5.74) is 3.74. The number of hydrogen-bond donors (Lipinski definition) is 0. The number of para-hydroxylation sites is 1. The molecule has 2 aromatic rings. The molecule has 1 aromatic heterocycles. The normalized spacial score (nSPS) is 20.3. The van der Waals surface area contributed by atoms with Crippen molar-refractivity contribution in [1.82, 2.24) is 14.5 Å². The number of fused-ring (bicyclic) bond motifs is 1. The van der Waals surface area contributed by atoms with E-state index in [1.54, 1.807) is 0 Å². The molecule has 0 saturated carbocycles. The van der Waals surface area contributed by atoms with Crippen LogP contribution in [0.1, 0.15) is 36.4 Å². The highest BCUT2D eigenvalue weighted by Crippen LogP contribution is 2.38. The van der Waals surface area contributed by atoms with Gasteiger partial charge in [-0.2, -0.15) is 0 Å². The molecule has 0 bridgehead atoms. The second-order valence-electron chi connectivity index (χ2n) is 6.31. The molecule has 2 aliphatic rings. The molecule has 1 aromatic carbocycles. The van der Waals surface area contributed by atoms with Crippen molar-refractivity contribution in [3.8, 4) is 0 Å². The van der Waals surface area contributed by atoms with Gasteiger partial charge >= 0.3 is 0 Å². The standard InChI is InChI=1S/C17H20N4OS/c22-17-6-3-8-20(17)9-7-13-10-21(11-14-12-23-19-18-14)16-5-2-1-4-15(13)16/h1-2,4-5,12-13H,3,6-11H2/t13-/m0/s1. The molecule has 1 amide bonds. The minimum atomic E-state index is 0.321. The van der Waals surface area contributed by atoms with Crippen LogP contribution >= 0.6 is 11.5 Å². The van der Waals surface area contributed by atoms with Gasteiger partial charge in [-0.05, 0) is 36.0 Å². The molecule has 0 N–H and O–H groups in total. The van der Waals surface area contributed by atoms with Crippen molar-refractivity contribution >= 4 is 23.1 Å². The van der Waals surface area contributed by atoms with Gasteiger partial charge in [-0.3, -0.25) is 4.79 Å². The van der Waals surface area contributed by atoms with Crippen LogP contribution in [0.25, 0.3) is 0 Å². The van der Waals surface area contributed by atoms with E-state index in [0.717, 1.165) is 51.1 Å². The maximum atomic E-state index is 11.8. The number of carbonyl (C=O) groups excluding carboxylic acids is 1. The molecule has 1 fully saturated rings. The summed E-state index contributed by atoms with van der Waals surface area (Å²) < 4.78 is 3.96. The lowest BCUT2D eigenvalue weighted by molar-refractivity contribution is -0.127. The Hall–Kier alpha value is -1.95. The van der Waals surface area contributed by atoms with Crippen molar-refractivity contribution in [2.45, 2.75) is 31.7 Å². The van der Waals surface area contributed by atoms with E-state index in [2.05, 4.69) is 38.8 Å². The highest BCUT2D eigenvalue weighted by molar-refractivity contribution is 7.03. The van der Waals surface area contributed by atoms with Crippen LogP contribution in [0.3, 0.4) is 0 Å². The predicted octanol–water partition coefficient (Wildman–Crippen LogP) is 2.65. The highest BCUT2D eigenvalue weighted by atomic mass is 32.1. The van der Waals surface area contributed by atoms with E-state index in [9.17, 15) is 4.79 Å². The first-order chi connectivity index (χ1) is 11.3. The van der Waals surface area contributed by atoms with Crippen LogP contribution in [0.5, 0.6) is 0 Å². The summed E-state index contributed by atoms with van der Waals surface area (Å²) in [6, 6.07) is 8.62. The maximum absolute atomic E-state index is 11.8. The van der Waals surface area contributed by atoms with Crippen LogP contribution in [0.15, 0.2) is 29.6 Å². The Morgan fingerprint density at radius 2 is 2.17 bits per heavy atom. The summed E-state index contributed by atoms with van der Waals surface area (Å²) in [4.78, 5) is 16.2. The van der Waals surface area contributed by atoms with E-state index >= 15 is 0 Å². The third kappa shape index (κ3) is 2.95. The third-order valence-electron chi connectivity index (χ3n) is 4.83. The average molecular weight is 328 g/mol. The number of hydrogen-bond acceptors (Lipinski definition) is 5. The molecule has 120 valence electrons. The van der Waals surface area contributed by atoms with Gasteiger partial charge in [0.25, 0.3) is 0 Å². The Labute approximate surface area is 140 Å². The van der Waals surface area contributed by atoms with Gasteiger partial charge in [0.05, 0.1) is 12.2 Å². The van der Waals surface area contributed by atoms with E-state index in [4.69, 9.17) is 0 Å². The molecule has 3 heterocycles. The minimum Gasteiger partial charge on any atom is -0.365 e. The van der Waals surface area contributed by atoms with Crippen molar-refractivity contribution < 1.29 is 4.79 Å². The second kappa shape index (κ2) is 6.28. The number of likely N-dealkylation sites (tertiary alicyclic amines) is 1. The molecule has 4 rings (SSSR count). The number of rotatable bonds is 5. The summed E-state index contributed by atoms with van der Waals surface area (Å²) in [6.45, 7) is 3.62. The number of nitrogens with zero attached hydrogens (tertiary/aromatic N) is 4. The Kier molecular flexibility index (Phi) is 3.99. The number of aromatic nitrogens is 2. The topological polar surface area (TPSA) is 49.3 Å². The maximum Gasteiger partial charge on any atom is 0.222 e. The molecular weight excluding hydrogens is 308 g/mol. The first-order valence-electron chi connectivity index (χ1n) is 8.19. The molecule has 2 aliphatic heterocycles. The van der Waals surface area contributed by atoms with Crippen molar-refractivity contribution in [3.63, 3.8) is 0 Å². The van der Waals surface area contributed by atoms with E-state index < -0.39 is 0 Å². The van der Waals surface area contributed by atoms with Gasteiger partial charge in [0, 0.05) is 43.0 Å². The third-order valence-corrected chi connectivity index (χ3v) is 5.39.